The Morgan fingerprint density at radius 2 is 1.96 bits per heavy atom. The van der Waals surface area contributed by atoms with Crippen LogP contribution in [0.2, 0.25) is 5.02 Å². The fourth-order valence-electron chi connectivity index (χ4n) is 2.95. The van der Waals surface area contributed by atoms with Crippen molar-refractivity contribution in [2.45, 2.75) is 31.7 Å². The third kappa shape index (κ3) is 4.23. The molecule has 8 heteroatoms. The second-order valence-corrected chi connectivity index (χ2v) is 8.72. The van der Waals surface area contributed by atoms with Crippen LogP contribution in [-0.4, -0.2) is 49.0 Å². The molecule has 6 nitrogen and oxygen atoms in total. The Morgan fingerprint density at radius 3 is 2.64 bits per heavy atom. The predicted octanol–water partition coefficient (Wildman–Crippen LogP) is 2.84. The molecule has 0 amide bonds. The van der Waals surface area contributed by atoms with Crippen molar-refractivity contribution in [2.75, 3.05) is 26.2 Å². The van der Waals surface area contributed by atoms with E-state index < -0.39 is 10.0 Å². The number of rotatable bonds is 4. The van der Waals surface area contributed by atoms with Gasteiger partial charge in [-0.1, -0.05) is 22.8 Å². The quantitative estimate of drug-likeness (QED) is 0.812. The molecular weight excluding hydrogens is 362 g/mol. The first-order valence-corrected chi connectivity index (χ1v) is 10.1. The normalized spacial score (nSPS) is 17.6. The van der Waals surface area contributed by atoms with E-state index in [2.05, 4.69) is 10.1 Å². The van der Waals surface area contributed by atoms with Crippen molar-refractivity contribution >= 4 is 21.6 Å². The van der Waals surface area contributed by atoms with E-state index >= 15 is 0 Å². The van der Waals surface area contributed by atoms with Crippen LogP contribution in [0.25, 0.3) is 0 Å². The second-order valence-electron chi connectivity index (χ2n) is 6.37. The van der Waals surface area contributed by atoms with Crippen molar-refractivity contribution in [1.82, 2.24) is 14.4 Å². The third-order valence-corrected chi connectivity index (χ3v) is 6.69. The van der Waals surface area contributed by atoms with Gasteiger partial charge in [-0.2, -0.15) is 4.31 Å². The van der Waals surface area contributed by atoms with Crippen LogP contribution in [0.3, 0.4) is 0 Å². The van der Waals surface area contributed by atoms with E-state index in [1.54, 1.807) is 16.4 Å². The highest BCUT2D eigenvalue weighted by molar-refractivity contribution is 7.89. The molecule has 0 radical (unpaired) electrons. The van der Waals surface area contributed by atoms with Crippen LogP contribution in [0.15, 0.2) is 33.7 Å². The minimum Gasteiger partial charge on any atom is -0.361 e. The van der Waals surface area contributed by atoms with Gasteiger partial charge in [0.05, 0.1) is 10.6 Å². The Labute approximate surface area is 153 Å². The number of hydrogen-bond donors (Lipinski definition) is 0. The Balaban J connectivity index is 1.70. The van der Waals surface area contributed by atoms with E-state index in [0.29, 0.717) is 31.2 Å². The van der Waals surface area contributed by atoms with E-state index in [-0.39, 0.29) is 4.90 Å². The lowest BCUT2D eigenvalue weighted by atomic mass is 10.2. The summed E-state index contributed by atoms with van der Waals surface area (Å²) in [5.74, 6) is 0.783. The van der Waals surface area contributed by atoms with Gasteiger partial charge in [0.25, 0.3) is 0 Å². The van der Waals surface area contributed by atoms with Crippen LogP contribution in [0, 0.1) is 13.8 Å². The number of sulfonamides is 1. The molecule has 25 heavy (non-hydrogen) atoms. The molecule has 1 aromatic heterocycles. The SMILES string of the molecule is Cc1cc(CN2CCCN(S(=O)(=O)c3ccc(C)c(Cl)c3)CC2)no1. The first-order chi connectivity index (χ1) is 11.9. The summed E-state index contributed by atoms with van der Waals surface area (Å²) in [7, 11) is -3.53. The van der Waals surface area contributed by atoms with Crippen LogP contribution in [0.5, 0.6) is 0 Å². The van der Waals surface area contributed by atoms with Gasteiger partial charge < -0.3 is 4.52 Å². The van der Waals surface area contributed by atoms with Gasteiger partial charge in [-0.15, -0.1) is 0 Å². The maximum Gasteiger partial charge on any atom is 0.243 e. The van der Waals surface area contributed by atoms with E-state index in [1.807, 2.05) is 19.9 Å². The first-order valence-electron chi connectivity index (χ1n) is 8.27. The molecule has 1 fully saturated rings. The zero-order chi connectivity index (χ0) is 18.0. The number of halogens is 1. The van der Waals surface area contributed by atoms with Crippen molar-refractivity contribution in [1.29, 1.82) is 0 Å². The van der Waals surface area contributed by atoms with Crippen LogP contribution in [-0.2, 0) is 16.6 Å². The minimum absolute atomic E-state index is 0.253. The Morgan fingerprint density at radius 1 is 1.16 bits per heavy atom. The third-order valence-electron chi connectivity index (χ3n) is 4.39. The van der Waals surface area contributed by atoms with E-state index in [1.165, 1.54) is 6.07 Å². The number of benzene rings is 1. The smallest absolute Gasteiger partial charge is 0.243 e. The average Bonchev–Trinajstić information content (AvgIpc) is 2.82. The topological polar surface area (TPSA) is 66.7 Å². The summed E-state index contributed by atoms with van der Waals surface area (Å²) in [5, 5.41) is 4.48. The zero-order valence-electron chi connectivity index (χ0n) is 14.4. The molecule has 0 unspecified atom stereocenters. The molecule has 0 bridgehead atoms. The largest absolute Gasteiger partial charge is 0.361 e. The highest BCUT2D eigenvalue weighted by Gasteiger charge is 2.27. The molecule has 2 aromatic rings. The molecule has 1 saturated heterocycles. The van der Waals surface area contributed by atoms with Gasteiger partial charge in [-0.05, 0) is 44.5 Å². The highest BCUT2D eigenvalue weighted by atomic mass is 35.5. The average molecular weight is 384 g/mol. The summed E-state index contributed by atoms with van der Waals surface area (Å²) in [6.45, 7) is 6.82. The van der Waals surface area contributed by atoms with Crippen molar-refractivity contribution < 1.29 is 12.9 Å². The molecule has 136 valence electrons. The maximum absolute atomic E-state index is 12.9. The second kappa shape index (κ2) is 7.45. The molecule has 0 N–H and O–H groups in total. The standard InChI is InChI=1S/C17H22ClN3O3S/c1-13-4-5-16(11-17(13)18)25(22,23)21-7-3-6-20(8-9-21)12-15-10-14(2)24-19-15/h4-5,10-11H,3,6-9,12H2,1-2H3. The van der Waals surface area contributed by atoms with Gasteiger partial charge >= 0.3 is 0 Å². The van der Waals surface area contributed by atoms with Crippen LogP contribution in [0.1, 0.15) is 23.4 Å². The van der Waals surface area contributed by atoms with E-state index in [4.69, 9.17) is 16.1 Å². The van der Waals surface area contributed by atoms with Crippen LogP contribution in [0.4, 0.5) is 0 Å². The molecular formula is C17H22ClN3O3S. The first kappa shape index (κ1) is 18.4. The highest BCUT2D eigenvalue weighted by Crippen LogP contribution is 2.23. The lowest BCUT2D eigenvalue weighted by Crippen LogP contribution is -2.35. The van der Waals surface area contributed by atoms with E-state index in [9.17, 15) is 8.42 Å². The molecule has 0 aliphatic carbocycles. The minimum atomic E-state index is -3.53. The van der Waals surface area contributed by atoms with Gasteiger partial charge in [0, 0.05) is 37.3 Å². The van der Waals surface area contributed by atoms with Gasteiger partial charge in [0.1, 0.15) is 5.76 Å². The number of nitrogens with zero attached hydrogens (tertiary/aromatic N) is 3. The fourth-order valence-corrected chi connectivity index (χ4v) is 4.69. The van der Waals surface area contributed by atoms with Gasteiger partial charge in [-0.25, -0.2) is 8.42 Å². The number of aromatic nitrogens is 1. The summed E-state index contributed by atoms with van der Waals surface area (Å²) < 4.78 is 32.4. The van der Waals surface area contributed by atoms with Gasteiger partial charge in [0.15, 0.2) is 0 Å². The molecule has 3 rings (SSSR count). The number of hydrogen-bond acceptors (Lipinski definition) is 5. The van der Waals surface area contributed by atoms with Crippen molar-refractivity contribution in [3.63, 3.8) is 0 Å². The summed E-state index contributed by atoms with van der Waals surface area (Å²) in [6.07, 6.45) is 0.773. The molecule has 1 aromatic carbocycles. The molecule has 0 spiro atoms. The van der Waals surface area contributed by atoms with Crippen LogP contribution >= 0.6 is 11.6 Å². The summed E-state index contributed by atoms with van der Waals surface area (Å²) in [4.78, 5) is 2.46. The fraction of sp³-hybridized carbons (Fsp3) is 0.471. The summed E-state index contributed by atoms with van der Waals surface area (Å²) >= 11 is 6.10. The van der Waals surface area contributed by atoms with Crippen molar-refractivity contribution in [3.05, 3.63) is 46.3 Å². The van der Waals surface area contributed by atoms with Crippen molar-refractivity contribution in [2.24, 2.45) is 0 Å². The number of aryl methyl sites for hydroxylation is 2. The molecule has 1 aliphatic rings. The monoisotopic (exact) mass is 383 g/mol. The lowest BCUT2D eigenvalue weighted by Gasteiger charge is -2.21. The Hall–Kier alpha value is -1.41. The van der Waals surface area contributed by atoms with Crippen molar-refractivity contribution in [3.8, 4) is 0 Å². The Bertz CT molecular complexity index is 851. The summed E-state index contributed by atoms with van der Waals surface area (Å²) in [5.41, 5.74) is 1.74. The molecule has 1 aliphatic heterocycles. The van der Waals surface area contributed by atoms with E-state index in [0.717, 1.165) is 30.0 Å². The maximum atomic E-state index is 12.9. The lowest BCUT2D eigenvalue weighted by molar-refractivity contribution is 0.268. The predicted molar refractivity (Wildman–Crippen MR) is 96.1 cm³/mol. The zero-order valence-corrected chi connectivity index (χ0v) is 16.0. The molecule has 2 heterocycles. The van der Waals surface area contributed by atoms with Gasteiger partial charge in [-0.3, -0.25) is 4.90 Å². The molecule has 0 atom stereocenters. The molecule has 0 saturated carbocycles. The summed E-state index contributed by atoms with van der Waals surface area (Å²) in [6, 6.07) is 6.81. The van der Waals surface area contributed by atoms with Crippen LogP contribution < -0.4 is 0 Å². The Kier molecular flexibility index (Phi) is 5.48. The van der Waals surface area contributed by atoms with Gasteiger partial charge in [0.2, 0.25) is 10.0 Å².